The Morgan fingerprint density at radius 1 is 0.745 bits per heavy atom. The Balaban J connectivity index is 0.000000782. The van der Waals surface area contributed by atoms with E-state index in [0.29, 0.717) is 19.2 Å². The normalized spacial score (nSPS) is 16.1. The van der Waals surface area contributed by atoms with Crippen LogP contribution in [0.3, 0.4) is 0 Å². The van der Waals surface area contributed by atoms with Gasteiger partial charge in [-0.15, -0.1) is 0 Å². The maximum Gasteiger partial charge on any atom is 0.147 e. The lowest BCUT2D eigenvalue weighted by Gasteiger charge is -2.28. The second kappa shape index (κ2) is 27.1. The number of hydrogen-bond donors (Lipinski definition) is 3. The van der Waals surface area contributed by atoms with Crippen LogP contribution in [0.15, 0.2) is 72.8 Å². The molecule has 262 valence electrons. The van der Waals surface area contributed by atoms with Gasteiger partial charge >= 0.3 is 0 Å². The molecule has 6 heteroatoms. The number of carbonyl (C=O) groups is 2. The number of carbonyl (C=O) groups excluding carboxylic acids is 2. The van der Waals surface area contributed by atoms with Crippen LogP contribution in [0, 0.1) is 17.8 Å². The van der Waals surface area contributed by atoms with Gasteiger partial charge in [-0.05, 0) is 66.2 Å². The molecular formula is C41H62O6. The number of aldehydes is 2. The van der Waals surface area contributed by atoms with Crippen molar-refractivity contribution in [3.63, 3.8) is 0 Å². The molecule has 1 fully saturated rings. The first-order chi connectivity index (χ1) is 22.8. The number of aryl methyl sites for hydroxylation is 2. The molecule has 0 saturated heterocycles. The zero-order valence-electron chi connectivity index (χ0n) is 29.2. The number of unbranched alkanes of at least 4 members (excludes halogenated alkanes) is 3. The zero-order chi connectivity index (χ0) is 34.7. The molecular weight excluding hydrogens is 588 g/mol. The number of rotatable bonds is 20. The second-order valence-electron chi connectivity index (χ2n) is 12.9. The molecule has 1 unspecified atom stereocenters. The van der Waals surface area contributed by atoms with Gasteiger partial charge in [0.15, 0.2) is 0 Å². The summed E-state index contributed by atoms with van der Waals surface area (Å²) >= 11 is 0. The first-order valence-electron chi connectivity index (χ1n) is 17.6. The van der Waals surface area contributed by atoms with Gasteiger partial charge in [-0.3, -0.25) is 9.59 Å². The number of aliphatic hydroxyl groups excluding tert-OH is 3. The van der Waals surface area contributed by atoms with Crippen LogP contribution in [0.5, 0.6) is 0 Å². The minimum absolute atomic E-state index is 0.218. The van der Waals surface area contributed by atoms with Crippen LogP contribution in [0.4, 0.5) is 0 Å². The van der Waals surface area contributed by atoms with Crippen molar-refractivity contribution in [2.75, 3.05) is 33.5 Å². The van der Waals surface area contributed by atoms with Crippen molar-refractivity contribution in [3.05, 3.63) is 84.0 Å². The van der Waals surface area contributed by atoms with Crippen LogP contribution in [0.2, 0.25) is 0 Å². The average Bonchev–Trinajstić information content (AvgIpc) is 3.13. The third kappa shape index (κ3) is 19.5. The summed E-state index contributed by atoms with van der Waals surface area (Å²) in [5.41, 5.74) is 5.95. The van der Waals surface area contributed by atoms with Crippen LogP contribution < -0.4 is 0 Å². The van der Waals surface area contributed by atoms with Gasteiger partial charge in [0.05, 0.1) is 19.8 Å². The Hall–Kier alpha value is -2.90. The molecule has 1 aliphatic rings. The lowest BCUT2D eigenvalue weighted by molar-refractivity contribution is -0.106. The summed E-state index contributed by atoms with van der Waals surface area (Å²) in [5.74, 6) is 2.24. The Bertz CT molecular complexity index is 1080. The molecule has 0 radical (unpaired) electrons. The summed E-state index contributed by atoms with van der Waals surface area (Å²) in [4.78, 5) is 19.0. The molecule has 2 aromatic carbocycles. The summed E-state index contributed by atoms with van der Waals surface area (Å²) in [6.45, 7) is 9.07. The molecule has 0 bridgehead atoms. The fraction of sp³-hybridized carbons (Fsp3) is 0.561. The lowest BCUT2D eigenvalue weighted by Crippen LogP contribution is -2.15. The minimum Gasteiger partial charge on any atom is -0.396 e. The number of ether oxygens (including phenoxy) is 1. The van der Waals surface area contributed by atoms with Crippen LogP contribution in [0.25, 0.3) is 11.1 Å². The fourth-order valence-corrected chi connectivity index (χ4v) is 5.89. The summed E-state index contributed by atoms with van der Waals surface area (Å²) in [6, 6.07) is 18.4. The highest BCUT2D eigenvalue weighted by Crippen LogP contribution is 2.34. The average molecular weight is 651 g/mol. The van der Waals surface area contributed by atoms with Gasteiger partial charge in [0, 0.05) is 30.8 Å². The highest BCUT2D eigenvalue weighted by Gasteiger charge is 2.20. The van der Waals surface area contributed by atoms with Gasteiger partial charge in [0.1, 0.15) is 12.6 Å². The van der Waals surface area contributed by atoms with E-state index in [1.807, 2.05) is 0 Å². The second-order valence-corrected chi connectivity index (χ2v) is 12.9. The first kappa shape index (κ1) is 42.1. The number of benzene rings is 2. The molecule has 0 aliphatic heterocycles. The molecule has 3 N–H and O–H groups in total. The van der Waals surface area contributed by atoms with Crippen molar-refractivity contribution < 1.29 is 29.6 Å². The molecule has 1 aliphatic carbocycles. The lowest BCUT2D eigenvalue weighted by atomic mass is 9.78. The summed E-state index contributed by atoms with van der Waals surface area (Å²) in [6.07, 6.45) is 19.6. The van der Waals surface area contributed by atoms with Crippen molar-refractivity contribution in [2.45, 2.75) is 96.8 Å². The Morgan fingerprint density at radius 2 is 1.23 bits per heavy atom. The van der Waals surface area contributed by atoms with Gasteiger partial charge in [0.25, 0.3) is 0 Å². The summed E-state index contributed by atoms with van der Waals surface area (Å²) in [7, 11) is 1.71. The minimum atomic E-state index is -0.233. The third-order valence-electron chi connectivity index (χ3n) is 8.99. The van der Waals surface area contributed by atoms with E-state index < -0.39 is 0 Å². The molecule has 6 nitrogen and oxygen atoms in total. The number of hydrogen-bond acceptors (Lipinski definition) is 6. The maximum atomic E-state index is 9.48. The Morgan fingerprint density at radius 3 is 1.64 bits per heavy atom. The van der Waals surface area contributed by atoms with E-state index in [1.54, 1.807) is 7.11 Å². The number of aliphatic hydroxyl groups is 3. The van der Waals surface area contributed by atoms with E-state index in [0.717, 1.165) is 37.5 Å². The first-order valence-corrected chi connectivity index (χ1v) is 17.6. The van der Waals surface area contributed by atoms with Crippen LogP contribution in [0.1, 0.15) is 95.1 Å². The van der Waals surface area contributed by atoms with Gasteiger partial charge in [-0.2, -0.15) is 0 Å². The SMILES string of the molecule is C=C(C=O)CO.C=C(C=O)CO.CCCCCC1CCC(CCc2ccc(-c3ccc(CCCCC(CO)COC)cc3)cc2)CC1. The molecule has 1 atom stereocenters. The van der Waals surface area contributed by atoms with Gasteiger partial charge in [-0.25, -0.2) is 0 Å². The van der Waals surface area contributed by atoms with Crippen molar-refractivity contribution in [1.82, 2.24) is 0 Å². The number of methoxy groups -OCH3 is 1. The monoisotopic (exact) mass is 650 g/mol. The predicted octanol–water partition coefficient (Wildman–Crippen LogP) is 8.11. The third-order valence-corrected chi connectivity index (χ3v) is 8.99. The van der Waals surface area contributed by atoms with E-state index in [4.69, 9.17) is 14.9 Å². The van der Waals surface area contributed by atoms with Gasteiger partial charge < -0.3 is 20.1 Å². The molecule has 47 heavy (non-hydrogen) atoms. The summed E-state index contributed by atoms with van der Waals surface area (Å²) in [5, 5.41) is 25.4. The molecule has 2 aromatic rings. The molecule has 1 saturated carbocycles. The van der Waals surface area contributed by atoms with Crippen molar-refractivity contribution in [3.8, 4) is 11.1 Å². The van der Waals surface area contributed by atoms with E-state index >= 15 is 0 Å². The van der Waals surface area contributed by atoms with E-state index in [1.165, 1.54) is 86.5 Å². The molecule has 0 heterocycles. The predicted molar refractivity (Wildman–Crippen MR) is 194 cm³/mol. The standard InChI is InChI=1S/C33H50O2.2C4H6O2/c1-3-4-5-8-27-11-13-29(14-12-27)15-16-30-19-23-33(24-20-30)32-21-17-28(18-22-32)9-6-7-10-31(25-34)26-35-2;2*1-4(2-5)3-6/h17-24,27,29,31,34H,3-16,25-26H2,1-2H3;2*2,6H,1,3H2. The largest absolute Gasteiger partial charge is 0.396 e. The van der Waals surface area contributed by atoms with Crippen molar-refractivity contribution in [1.29, 1.82) is 0 Å². The van der Waals surface area contributed by atoms with Crippen LogP contribution in [-0.2, 0) is 27.2 Å². The molecule has 3 rings (SSSR count). The van der Waals surface area contributed by atoms with Gasteiger partial charge in [-0.1, -0.05) is 126 Å². The Labute approximate surface area is 285 Å². The van der Waals surface area contributed by atoms with E-state index in [-0.39, 0.29) is 36.9 Å². The Kier molecular flexibility index (Phi) is 24.3. The van der Waals surface area contributed by atoms with Crippen molar-refractivity contribution >= 4 is 12.6 Å². The maximum absolute atomic E-state index is 9.48. The zero-order valence-corrected chi connectivity index (χ0v) is 29.2. The molecule has 0 spiro atoms. The highest BCUT2D eigenvalue weighted by atomic mass is 16.5. The van der Waals surface area contributed by atoms with Crippen molar-refractivity contribution in [2.24, 2.45) is 17.8 Å². The molecule has 0 amide bonds. The van der Waals surface area contributed by atoms with Crippen LogP contribution in [-0.4, -0.2) is 61.4 Å². The fourth-order valence-electron chi connectivity index (χ4n) is 5.89. The van der Waals surface area contributed by atoms with Gasteiger partial charge in [0.2, 0.25) is 0 Å². The summed E-state index contributed by atoms with van der Waals surface area (Å²) < 4.78 is 5.17. The quantitative estimate of drug-likeness (QED) is 0.0760. The highest BCUT2D eigenvalue weighted by molar-refractivity contribution is 5.72. The smallest absolute Gasteiger partial charge is 0.147 e. The van der Waals surface area contributed by atoms with E-state index in [9.17, 15) is 14.7 Å². The van der Waals surface area contributed by atoms with Crippen LogP contribution >= 0.6 is 0 Å². The topological polar surface area (TPSA) is 104 Å². The molecule has 0 aromatic heterocycles. The van der Waals surface area contributed by atoms with E-state index in [2.05, 4.69) is 68.6 Å².